The third-order valence-corrected chi connectivity index (χ3v) is 4.03. The van der Waals surface area contributed by atoms with Crippen molar-refractivity contribution in [2.45, 2.75) is 20.8 Å². The summed E-state index contributed by atoms with van der Waals surface area (Å²) in [4.78, 5) is 18.3. The average molecular weight is 350 g/mol. The van der Waals surface area contributed by atoms with Crippen LogP contribution in [0.3, 0.4) is 0 Å². The molecule has 4 nitrogen and oxygen atoms in total. The second-order valence-corrected chi connectivity index (χ2v) is 6.37. The molecule has 6 heteroatoms. The summed E-state index contributed by atoms with van der Waals surface area (Å²) in [7, 11) is 0. The number of hydrogen-bond donors (Lipinski definition) is 0. The Balaban J connectivity index is 2.35. The lowest BCUT2D eigenvalue weighted by Crippen LogP contribution is -2.31. The van der Waals surface area contributed by atoms with Crippen molar-refractivity contribution >= 4 is 50.1 Å². The zero-order chi connectivity index (χ0) is 11.9. The number of nitrogens with zero attached hydrogens (tertiary/aromatic N) is 2. The summed E-state index contributed by atoms with van der Waals surface area (Å²) in [6.07, 6.45) is 0. The lowest BCUT2D eigenvalue weighted by atomic mass is 9.98. The molecule has 0 saturated carbocycles. The van der Waals surface area contributed by atoms with Crippen LogP contribution in [0.25, 0.3) is 10.2 Å². The number of thiophene rings is 1. The van der Waals surface area contributed by atoms with E-state index in [1.165, 1.54) is 4.85 Å². The lowest BCUT2D eigenvalue weighted by Gasteiger charge is -2.15. The molecule has 2 aromatic rings. The quantitative estimate of drug-likeness (QED) is 0.743. The standard InChI is InChI=1S/C10H11IN2O2S/c1-10(2,3)9(14)15-13-6-4-5-16-7(6)8(11)12-13/h4-5H,1-3H3. The van der Waals surface area contributed by atoms with E-state index in [2.05, 4.69) is 27.7 Å². The number of carbonyl (C=O) groups is 1. The maximum absolute atomic E-state index is 11.7. The van der Waals surface area contributed by atoms with Crippen molar-refractivity contribution in [3.05, 3.63) is 15.1 Å². The van der Waals surface area contributed by atoms with Gasteiger partial charge >= 0.3 is 5.97 Å². The van der Waals surface area contributed by atoms with E-state index >= 15 is 0 Å². The molecule has 0 fully saturated rings. The van der Waals surface area contributed by atoms with Crippen LogP contribution < -0.4 is 4.84 Å². The van der Waals surface area contributed by atoms with Gasteiger partial charge in [0.05, 0.1) is 10.1 Å². The Morgan fingerprint density at radius 2 is 2.25 bits per heavy atom. The maximum atomic E-state index is 11.7. The second kappa shape index (κ2) is 3.99. The molecule has 0 unspecified atom stereocenters. The first-order valence-corrected chi connectivity index (χ1v) is 6.70. The molecule has 0 aliphatic carbocycles. The van der Waals surface area contributed by atoms with E-state index in [1.54, 1.807) is 11.3 Å². The van der Waals surface area contributed by atoms with Gasteiger partial charge in [0.2, 0.25) is 0 Å². The molecule has 0 aliphatic heterocycles. The van der Waals surface area contributed by atoms with Gasteiger partial charge in [-0.05, 0) is 54.8 Å². The van der Waals surface area contributed by atoms with Crippen molar-refractivity contribution in [1.82, 2.24) is 9.94 Å². The van der Waals surface area contributed by atoms with E-state index in [4.69, 9.17) is 4.84 Å². The molecule has 0 saturated heterocycles. The number of hydrogen-bond acceptors (Lipinski definition) is 4. The van der Waals surface area contributed by atoms with Crippen molar-refractivity contribution in [3.63, 3.8) is 0 Å². The molecule has 0 amide bonds. The first-order chi connectivity index (χ1) is 7.39. The SMILES string of the molecule is CC(C)(C)C(=O)On1nc(I)c2sccc21. The van der Waals surface area contributed by atoms with Crippen LogP contribution in [0.1, 0.15) is 20.8 Å². The van der Waals surface area contributed by atoms with Gasteiger partial charge in [-0.2, -0.15) is 0 Å². The van der Waals surface area contributed by atoms with Crippen LogP contribution in [0.2, 0.25) is 0 Å². The normalized spacial score (nSPS) is 12.0. The molecular weight excluding hydrogens is 339 g/mol. The minimum atomic E-state index is -0.528. The van der Waals surface area contributed by atoms with Gasteiger partial charge in [0.1, 0.15) is 9.22 Å². The summed E-state index contributed by atoms with van der Waals surface area (Å²) in [5, 5.41) is 6.13. The minimum absolute atomic E-state index is 0.292. The Bertz CT molecular complexity index is 538. The van der Waals surface area contributed by atoms with E-state index in [0.29, 0.717) is 0 Å². The predicted molar refractivity (Wildman–Crippen MR) is 71.4 cm³/mol. The summed E-state index contributed by atoms with van der Waals surface area (Å²) in [6, 6.07) is 1.89. The largest absolute Gasteiger partial charge is 0.340 e. The Labute approximate surface area is 111 Å². The summed E-state index contributed by atoms with van der Waals surface area (Å²) in [5.74, 6) is -0.292. The Kier molecular flexibility index (Phi) is 2.95. The zero-order valence-electron chi connectivity index (χ0n) is 9.15. The van der Waals surface area contributed by atoms with Crippen LogP contribution in [0.15, 0.2) is 11.4 Å². The average Bonchev–Trinajstić information content (AvgIpc) is 2.70. The predicted octanol–water partition coefficient (Wildman–Crippen LogP) is 2.70. The van der Waals surface area contributed by atoms with Crippen molar-refractivity contribution in [2.24, 2.45) is 5.41 Å². The van der Waals surface area contributed by atoms with Crippen molar-refractivity contribution < 1.29 is 9.63 Å². The number of rotatable bonds is 1. The Hall–Kier alpha value is -0.630. The highest BCUT2D eigenvalue weighted by Gasteiger charge is 2.25. The Morgan fingerprint density at radius 3 is 2.88 bits per heavy atom. The van der Waals surface area contributed by atoms with Crippen LogP contribution in [0.4, 0.5) is 0 Å². The molecule has 16 heavy (non-hydrogen) atoms. The molecule has 0 N–H and O–H groups in total. The molecule has 0 radical (unpaired) electrons. The fraction of sp³-hybridized carbons (Fsp3) is 0.400. The molecular formula is C10H11IN2O2S. The van der Waals surface area contributed by atoms with Crippen molar-refractivity contribution in [3.8, 4) is 0 Å². The van der Waals surface area contributed by atoms with Gasteiger partial charge in [-0.3, -0.25) is 0 Å². The summed E-state index contributed by atoms with van der Waals surface area (Å²) >= 11 is 3.72. The fourth-order valence-electron chi connectivity index (χ4n) is 1.07. The van der Waals surface area contributed by atoms with Crippen LogP contribution in [0, 0.1) is 9.12 Å². The smallest absolute Gasteiger partial charge is 0.318 e. The minimum Gasteiger partial charge on any atom is -0.318 e. The number of carbonyl (C=O) groups excluding carboxylic acids is 1. The lowest BCUT2D eigenvalue weighted by molar-refractivity contribution is -0.154. The van der Waals surface area contributed by atoms with E-state index in [1.807, 2.05) is 32.2 Å². The molecule has 0 spiro atoms. The highest BCUT2D eigenvalue weighted by Crippen LogP contribution is 2.25. The van der Waals surface area contributed by atoms with Gasteiger partial charge in [-0.25, -0.2) is 4.79 Å². The molecule has 2 heterocycles. The monoisotopic (exact) mass is 350 g/mol. The van der Waals surface area contributed by atoms with Gasteiger partial charge in [0, 0.05) is 0 Å². The Morgan fingerprint density at radius 1 is 1.56 bits per heavy atom. The second-order valence-electron chi connectivity index (χ2n) is 4.43. The number of aromatic nitrogens is 2. The van der Waals surface area contributed by atoms with Gasteiger partial charge in [0.25, 0.3) is 0 Å². The molecule has 2 rings (SSSR count). The molecule has 2 aromatic heterocycles. The van der Waals surface area contributed by atoms with Crippen LogP contribution in [-0.4, -0.2) is 15.9 Å². The van der Waals surface area contributed by atoms with Crippen molar-refractivity contribution in [1.29, 1.82) is 0 Å². The van der Waals surface area contributed by atoms with E-state index < -0.39 is 5.41 Å². The third-order valence-electron chi connectivity index (χ3n) is 2.00. The van der Waals surface area contributed by atoms with E-state index in [-0.39, 0.29) is 5.97 Å². The number of fused-ring (bicyclic) bond motifs is 1. The van der Waals surface area contributed by atoms with Crippen LogP contribution in [-0.2, 0) is 4.79 Å². The summed E-state index contributed by atoms with van der Waals surface area (Å²) < 4.78 is 1.90. The fourth-order valence-corrected chi connectivity index (χ4v) is 2.66. The highest BCUT2D eigenvalue weighted by molar-refractivity contribution is 14.1. The zero-order valence-corrected chi connectivity index (χ0v) is 12.1. The molecule has 0 aliphatic rings. The van der Waals surface area contributed by atoms with Gasteiger partial charge < -0.3 is 4.84 Å². The highest BCUT2D eigenvalue weighted by atomic mass is 127. The van der Waals surface area contributed by atoms with Gasteiger partial charge in [0.15, 0.2) is 0 Å². The van der Waals surface area contributed by atoms with Gasteiger partial charge in [-0.15, -0.1) is 16.4 Å². The first-order valence-electron chi connectivity index (χ1n) is 4.74. The van der Waals surface area contributed by atoms with E-state index in [9.17, 15) is 4.79 Å². The van der Waals surface area contributed by atoms with Crippen LogP contribution in [0.5, 0.6) is 0 Å². The molecule has 0 aromatic carbocycles. The van der Waals surface area contributed by atoms with Crippen LogP contribution >= 0.6 is 33.9 Å². The first kappa shape index (κ1) is 11.8. The van der Waals surface area contributed by atoms with Crippen molar-refractivity contribution in [2.75, 3.05) is 0 Å². The summed E-state index contributed by atoms with van der Waals surface area (Å²) in [5.41, 5.74) is 0.312. The maximum Gasteiger partial charge on any atom is 0.340 e. The summed E-state index contributed by atoms with van der Waals surface area (Å²) in [6.45, 7) is 5.44. The van der Waals surface area contributed by atoms with E-state index in [0.717, 1.165) is 13.9 Å². The molecule has 0 atom stereocenters. The molecule has 0 bridgehead atoms. The number of halogens is 1. The van der Waals surface area contributed by atoms with Gasteiger partial charge in [-0.1, -0.05) is 4.85 Å². The topological polar surface area (TPSA) is 44.1 Å². The third kappa shape index (κ3) is 2.08. The molecule has 86 valence electrons.